The van der Waals surface area contributed by atoms with Crippen LogP contribution >= 0.6 is 23.2 Å². The highest BCUT2D eigenvalue weighted by Gasteiger charge is 2.06. The van der Waals surface area contributed by atoms with Gasteiger partial charge in [-0.25, -0.2) is 0 Å². The van der Waals surface area contributed by atoms with Gasteiger partial charge in [0.15, 0.2) is 0 Å². The molecule has 1 rings (SSSR count). The molecule has 0 amide bonds. The summed E-state index contributed by atoms with van der Waals surface area (Å²) in [6, 6.07) is 3.65. The maximum atomic E-state index is 6.10. The van der Waals surface area contributed by atoms with Gasteiger partial charge in [0.05, 0.1) is 15.7 Å². The third kappa shape index (κ3) is 3.88. The van der Waals surface area contributed by atoms with Crippen molar-refractivity contribution < 1.29 is 0 Å². The summed E-state index contributed by atoms with van der Waals surface area (Å²) < 4.78 is 0. The van der Waals surface area contributed by atoms with Gasteiger partial charge in [-0.1, -0.05) is 55.5 Å². The molecule has 0 spiro atoms. The van der Waals surface area contributed by atoms with Crippen LogP contribution in [0.1, 0.15) is 38.2 Å². The standard InChI is InChI=1S/C13H18Cl2N/c1-3-4-5-6-9-16-13-10(2)7-8-11(14)12(13)15/h7-8,16H,2-6,9H2,1H3. The molecule has 1 aromatic rings. The van der Waals surface area contributed by atoms with Crippen molar-refractivity contribution in [3.63, 3.8) is 0 Å². The molecule has 0 aromatic heterocycles. The predicted molar refractivity (Wildman–Crippen MR) is 73.6 cm³/mol. The summed E-state index contributed by atoms with van der Waals surface area (Å²) in [7, 11) is 0. The molecule has 0 saturated heterocycles. The first-order valence-corrected chi connectivity index (χ1v) is 6.46. The van der Waals surface area contributed by atoms with Crippen LogP contribution in [0.3, 0.4) is 0 Å². The number of halogens is 2. The number of nitrogens with one attached hydrogen (secondary N) is 1. The van der Waals surface area contributed by atoms with E-state index in [9.17, 15) is 0 Å². The van der Waals surface area contributed by atoms with Crippen LogP contribution in [0.25, 0.3) is 0 Å². The second kappa shape index (κ2) is 7.03. The van der Waals surface area contributed by atoms with Gasteiger partial charge >= 0.3 is 0 Å². The van der Waals surface area contributed by atoms with E-state index in [1.165, 1.54) is 19.3 Å². The summed E-state index contributed by atoms with van der Waals surface area (Å²) in [6.07, 6.45) is 4.92. The second-order valence-electron chi connectivity index (χ2n) is 3.88. The van der Waals surface area contributed by atoms with Crippen molar-refractivity contribution in [1.82, 2.24) is 0 Å². The molecular formula is C13H18Cl2N. The molecule has 1 radical (unpaired) electrons. The molecule has 0 fully saturated rings. The highest BCUT2D eigenvalue weighted by atomic mass is 35.5. The Hall–Kier alpha value is -0.400. The van der Waals surface area contributed by atoms with Crippen molar-refractivity contribution in [3.8, 4) is 0 Å². The monoisotopic (exact) mass is 258 g/mol. The van der Waals surface area contributed by atoms with E-state index in [2.05, 4.69) is 19.2 Å². The molecule has 0 bridgehead atoms. The zero-order valence-corrected chi connectivity index (χ0v) is 11.2. The second-order valence-corrected chi connectivity index (χ2v) is 4.67. The van der Waals surface area contributed by atoms with Crippen molar-refractivity contribution in [2.75, 3.05) is 11.9 Å². The van der Waals surface area contributed by atoms with Gasteiger partial charge in [0.1, 0.15) is 0 Å². The number of hydrogen-bond acceptors (Lipinski definition) is 1. The Labute approximate surface area is 108 Å². The maximum absolute atomic E-state index is 6.10. The molecule has 0 aliphatic heterocycles. The summed E-state index contributed by atoms with van der Waals surface area (Å²) in [5, 5.41) is 4.45. The van der Waals surface area contributed by atoms with Gasteiger partial charge in [-0.05, 0) is 25.0 Å². The molecule has 0 unspecified atom stereocenters. The first-order chi connectivity index (χ1) is 7.66. The lowest BCUT2D eigenvalue weighted by molar-refractivity contribution is 0.685. The van der Waals surface area contributed by atoms with Crippen molar-refractivity contribution in [3.05, 3.63) is 34.7 Å². The van der Waals surface area contributed by atoms with Crippen LogP contribution in [0, 0.1) is 6.92 Å². The smallest absolute Gasteiger partial charge is 0.0826 e. The minimum Gasteiger partial charge on any atom is -0.384 e. The molecule has 0 heterocycles. The van der Waals surface area contributed by atoms with E-state index in [-0.39, 0.29) is 0 Å². The van der Waals surface area contributed by atoms with Gasteiger partial charge in [0.2, 0.25) is 0 Å². The van der Waals surface area contributed by atoms with Crippen molar-refractivity contribution in [2.45, 2.75) is 32.6 Å². The molecule has 89 valence electrons. The predicted octanol–water partition coefficient (Wildman–Crippen LogP) is 5.17. The Bertz CT molecular complexity index is 337. The summed E-state index contributed by atoms with van der Waals surface area (Å²) in [5.74, 6) is 0. The quantitative estimate of drug-likeness (QED) is 0.695. The summed E-state index contributed by atoms with van der Waals surface area (Å²) in [5.41, 5.74) is 1.76. The minimum absolute atomic E-state index is 0.574. The first-order valence-electron chi connectivity index (χ1n) is 5.70. The third-order valence-corrected chi connectivity index (χ3v) is 3.32. The molecule has 0 saturated carbocycles. The maximum Gasteiger partial charge on any atom is 0.0826 e. The topological polar surface area (TPSA) is 12.0 Å². The highest BCUT2D eigenvalue weighted by Crippen LogP contribution is 2.32. The highest BCUT2D eigenvalue weighted by molar-refractivity contribution is 6.43. The van der Waals surface area contributed by atoms with E-state index in [4.69, 9.17) is 23.2 Å². The fraction of sp³-hybridized carbons (Fsp3) is 0.462. The zero-order chi connectivity index (χ0) is 12.0. The van der Waals surface area contributed by atoms with Crippen LogP contribution in [0.2, 0.25) is 10.0 Å². The van der Waals surface area contributed by atoms with Crippen LogP contribution < -0.4 is 5.32 Å². The largest absolute Gasteiger partial charge is 0.384 e. The number of unbranched alkanes of at least 4 members (excludes halogenated alkanes) is 3. The van der Waals surface area contributed by atoms with Crippen LogP contribution in [0.4, 0.5) is 5.69 Å². The van der Waals surface area contributed by atoms with Crippen molar-refractivity contribution in [1.29, 1.82) is 0 Å². The molecular weight excluding hydrogens is 241 g/mol. The molecule has 16 heavy (non-hydrogen) atoms. The van der Waals surface area contributed by atoms with E-state index in [1.54, 1.807) is 6.07 Å². The third-order valence-electron chi connectivity index (χ3n) is 2.51. The van der Waals surface area contributed by atoms with E-state index in [1.807, 2.05) is 6.07 Å². The van der Waals surface area contributed by atoms with Crippen molar-refractivity contribution in [2.24, 2.45) is 0 Å². The fourth-order valence-electron chi connectivity index (χ4n) is 1.55. The fourth-order valence-corrected chi connectivity index (χ4v) is 1.96. The number of rotatable bonds is 6. The molecule has 1 N–H and O–H groups in total. The van der Waals surface area contributed by atoms with Gasteiger partial charge in [0.25, 0.3) is 0 Å². The van der Waals surface area contributed by atoms with Gasteiger partial charge in [-0.2, -0.15) is 0 Å². The molecule has 1 aromatic carbocycles. The number of hydrogen-bond donors (Lipinski definition) is 1. The molecule has 0 aliphatic rings. The number of benzene rings is 1. The van der Waals surface area contributed by atoms with Gasteiger partial charge in [-0.15, -0.1) is 0 Å². The van der Waals surface area contributed by atoms with Crippen LogP contribution in [0.15, 0.2) is 12.1 Å². The van der Waals surface area contributed by atoms with Gasteiger partial charge < -0.3 is 5.32 Å². The molecule has 0 atom stereocenters. The molecule has 0 aliphatic carbocycles. The average molecular weight is 259 g/mol. The average Bonchev–Trinajstić information content (AvgIpc) is 2.28. The van der Waals surface area contributed by atoms with Crippen LogP contribution in [0.5, 0.6) is 0 Å². The van der Waals surface area contributed by atoms with E-state index in [0.717, 1.165) is 24.2 Å². The SMILES string of the molecule is [CH2]c1ccc(Cl)c(Cl)c1NCCCCCC. The summed E-state index contributed by atoms with van der Waals surface area (Å²) in [4.78, 5) is 0. The molecule has 1 nitrogen and oxygen atoms in total. The number of anilines is 1. The van der Waals surface area contributed by atoms with Gasteiger partial charge in [0, 0.05) is 6.54 Å². The Morgan fingerprint density at radius 1 is 1.19 bits per heavy atom. The van der Waals surface area contributed by atoms with Crippen LogP contribution in [-0.4, -0.2) is 6.54 Å². The van der Waals surface area contributed by atoms with E-state index in [0.29, 0.717) is 10.0 Å². The van der Waals surface area contributed by atoms with Crippen molar-refractivity contribution >= 4 is 28.9 Å². The normalized spacial score (nSPS) is 10.5. The summed E-state index contributed by atoms with van der Waals surface area (Å²) >= 11 is 12.1. The Balaban J connectivity index is 2.50. The molecule has 3 heteroatoms. The van der Waals surface area contributed by atoms with E-state index < -0.39 is 0 Å². The Morgan fingerprint density at radius 3 is 2.62 bits per heavy atom. The lowest BCUT2D eigenvalue weighted by Gasteiger charge is -2.12. The zero-order valence-electron chi connectivity index (χ0n) is 9.65. The lowest BCUT2D eigenvalue weighted by atomic mass is 10.1. The van der Waals surface area contributed by atoms with E-state index >= 15 is 0 Å². The van der Waals surface area contributed by atoms with Crippen LogP contribution in [-0.2, 0) is 0 Å². The Morgan fingerprint density at radius 2 is 1.94 bits per heavy atom. The minimum atomic E-state index is 0.574. The summed E-state index contributed by atoms with van der Waals surface area (Å²) in [6.45, 7) is 7.05. The Kier molecular flexibility index (Phi) is 6.00. The van der Waals surface area contributed by atoms with Gasteiger partial charge in [-0.3, -0.25) is 0 Å². The first kappa shape index (κ1) is 13.7. The lowest BCUT2D eigenvalue weighted by Crippen LogP contribution is -2.03.